The van der Waals surface area contributed by atoms with Crippen LogP contribution < -0.4 is 9.47 Å². The van der Waals surface area contributed by atoms with Crippen molar-refractivity contribution >= 4 is 21.8 Å². The van der Waals surface area contributed by atoms with Gasteiger partial charge in [-0.1, -0.05) is 0 Å². The first-order chi connectivity index (χ1) is 8.96. The van der Waals surface area contributed by atoms with Gasteiger partial charge in [0, 0.05) is 12.6 Å². The highest BCUT2D eigenvalue weighted by Gasteiger charge is 2.20. The molecule has 0 aliphatic heterocycles. The van der Waals surface area contributed by atoms with Crippen LogP contribution in [0.2, 0.25) is 0 Å². The largest absolute Gasteiger partial charge is 0.495 e. The fraction of sp³-hybridized carbons (Fsp3) is 0.462. The summed E-state index contributed by atoms with van der Waals surface area (Å²) in [6, 6.07) is 3.01. The second-order valence-corrected chi connectivity index (χ2v) is 4.94. The topological polar surface area (TPSA) is 59.0 Å². The molecule has 1 rings (SSSR count). The summed E-state index contributed by atoms with van der Waals surface area (Å²) < 4.78 is 11.1. The van der Waals surface area contributed by atoms with Gasteiger partial charge in [0.15, 0.2) is 0 Å². The van der Waals surface area contributed by atoms with Gasteiger partial charge in [-0.05, 0) is 35.0 Å². The predicted octanol–water partition coefficient (Wildman–Crippen LogP) is 1.92. The van der Waals surface area contributed by atoms with E-state index in [-0.39, 0.29) is 18.6 Å². The zero-order valence-corrected chi connectivity index (χ0v) is 13.0. The minimum atomic E-state index is -0.256. The SMILES string of the molecule is COc1cc(C(=O)N(C)C(C)CO)cc(OC)c1Br. The molecule has 1 aromatic carbocycles. The van der Waals surface area contributed by atoms with Crippen LogP contribution >= 0.6 is 15.9 Å². The molecule has 0 saturated carbocycles. The third-order valence-corrected chi connectivity index (χ3v) is 3.72. The number of aliphatic hydroxyl groups is 1. The Hall–Kier alpha value is -1.27. The minimum Gasteiger partial charge on any atom is -0.495 e. The molecule has 0 aliphatic rings. The lowest BCUT2D eigenvalue weighted by Crippen LogP contribution is -2.37. The molecule has 1 aromatic rings. The molecule has 1 amide bonds. The highest BCUT2D eigenvalue weighted by atomic mass is 79.9. The summed E-state index contributed by atoms with van der Waals surface area (Å²) in [6.45, 7) is 1.68. The van der Waals surface area contributed by atoms with Gasteiger partial charge >= 0.3 is 0 Å². The van der Waals surface area contributed by atoms with Crippen LogP contribution in [0.4, 0.5) is 0 Å². The lowest BCUT2D eigenvalue weighted by atomic mass is 10.1. The Bertz CT molecular complexity index is 439. The lowest BCUT2D eigenvalue weighted by molar-refractivity contribution is 0.0681. The number of benzene rings is 1. The molecular formula is C13H18BrNO4. The van der Waals surface area contributed by atoms with Crippen molar-refractivity contribution in [2.45, 2.75) is 13.0 Å². The Morgan fingerprint density at radius 3 is 2.21 bits per heavy atom. The Kier molecular flexibility index (Phi) is 5.62. The summed E-state index contributed by atoms with van der Waals surface area (Å²) in [5, 5.41) is 9.10. The Morgan fingerprint density at radius 2 is 1.84 bits per heavy atom. The van der Waals surface area contributed by atoms with Crippen LogP contribution in [0.3, 0.4) is 0 Å². The van der Waals surface area contributed by atoms with Gasteiger partial charge in [-0.2, -0.15) is 0 Å². The van der Waals surface area contributed by atoms with Gasteiger partial charge in [-0.3, -0.25) is 4.79 Å². The zero-order valence-electron chi connectivity index (χ0n) is 11.4. The van der Waals surface area contributed by atoms with Gasteiger partial charge in [0.05, 0.1) is 26.9 Å². The second kappa shape index (κ2) is 6.77. The van der Waals surface area contributed by atoms with Crippen molar-refractivity contribution in [3.63, 3.8) is 0 Å². The number of hydrogen-bond donors (Lipinski definition) is 1. The van der Waals surface area contributed by atoms with Crippen LogP contribution in [0.25, 0.3) is 0 Å². The van der Waals surface area contributed by atoms with E-state index in [0.29, 0.717) is 21.5 Å². The van der Waals surface area contributed by atoms with Crippen LogP contribution in [-0.4, -0.2) is 49.8 Å². The predicted molar refractivity (Wildman–Crippen MR) is 75.9 cm³/mol. The van der Waals surface area contributed by atoms with E-state index in [9.17, 15) is 4.79 Å². The van der Waals surface area contributed by atoms with Crippen molar-refractivity contribution in [3.8, 4) is 11.5 Å². The Morgan fingerprint density at radius 1 is 1.37 bits per heavy atom. The van der Waals surface area contributed by atoms with E-state index < -0.39 is 0 Å². The van der Waals surface area contributed by atoms with Crippen LogP contribution in [0.5, 0.6) is 11.5 Å². The molecule has 0 heterocycles. The molecule has 19 heavy (non-hydrogen) atoms. The van der Waals surface area contributed by atoms with Crippen molar-refractivity contribution < 1.29 is 19.4 Å². The fourth-order valence-electron chi connectivity index (χ4n) is 1.52. The number of aliphatic hydroxyl groups excluding tert-OH is 1. The second-order valence-electron chi connectivity index (χ2n) is 4.14. The number of carbonyl (C=O) groups excluding carboxylic acids is 1. The molecule has 1 atom stereocenters. The van der Waals surface area contributed by atoms with Crippen LogP contribution in [0, 0.1) is 0 Å². The lowest BCUT2D eigenvalue weighted by Gasteiger charge is -2.23. The van der Waals surface area contributed by atoms with Crippen LogP contribution in [0.15, 0.2) is 16.6 Å². The number of hydrogen-bond acceptors (Lipinski definition) is 4. The van der Waals surface area contributed by atoms with Crippen molar-refractivity contribution in [1.29, 1.82) is 0 Å². The maximum absolute atomic E-state index is 12.3. The minimum absolute atomic E-state index is 0.0902. The molecule has 0 fully saturated rings. The Balaban J connectivity index is 3.17. The fourth-order valence-corrected chi connectivity index (χ4v) is 2.07. The Labute approximate surface area is 121 Å². The number of rotatable bonds is 5. The average molecular weight is 332 g/mol. The van der Waals surface area contributed by atoms with Gasteiger partial charge in [0.2, 0.25) is 0 Å². The van der Waals surface area contributed by atoms with E-state index in [1.807, 2.05) is 0 Å². The summed E-state index contributed by atoms with van der Waals surface area (Å²) >= 11 is 3.35. The van der Waals surface area contributed by atoms with Crippen LogP contribution in [0.1, 0.15) is 17.3 Å². The van der Waals surface area contributed by atoms with Crippen LogP contribution in [-0.2, 0) is 0 Å². The summed E-state index contributed by atoms with van der Waals surface area (Å²) in [5.41, 5.74) is 0.444. The van der Waals surface area contributed by atoms with Crippen molar-refractivity contribution in [2.75, 3.05) is 27.9 Å². The van der Waals surface area contributed by atoms with Gasteiger partial charge in [-0.25, -0.2) is 0 Å². The standard InChI is InChI=1S/C13H18BrNO4/c1-8(7-16)15(2)13(17)9-5-10(18-3)12(14)11(6-9)19-4/h5-6,8,16H,7H2,1-4H3. The monoisotopic (exact) mass is 331 g/mol. The highest BCUT2D eigenvalue weighted by molar-refractivity contribution is 9.10. The number of nitrogens with zero attached hydrogens (tertiary/aromatic N) is 1. The molecule has 0 spiro atoms. The molecule has 0 bridgehead atoms. The molecule has 0 aromatic heterocycles. The number of amides is 1. The number of halogens is 1. The van der Waals surface area contributed by atoms with Crippen molar-refractivity contribution in [1.82, 2.24) is 4.90 Å². The van der Waals surface area contributed by atoms with E-state index in [4.69, 9.17) is 14.6 Å². The van der Waals surface area contributed by atoms with Crippen molar-refractivity contribution in [3.05, 3.63) is 22.2 Å². The summed E-state index contributed by atoms with van der Waals surface area (Å²) in [5.74, 6) is 0.839. The van der Waals surface area contributed by atoms with E-state index >= 15 is 0 Å². The van der Waals surface area contributed by atoms with Gasteiger partial charge in [0.25, 0.3) is 5.91 Å². The number of methoxy groups -OCH3 is 2. The van der Waals surface area contributed by atoms with Gasteiger partial charge in [-0.15, -0.1) is 0 Å². The van der Waals surface area contributed by atoms with E-state index in [1.165, 1.54) is 19.1 Å². The molecule has 106 valence electrons. The third kappa shape index (κ3) is 3.39. The maximum atomic E-state index is 12.3. The molecule has 6 heteroatoms. The molecule has 0 radical (unpaired) electrons. The van der Waals surface area contributed by atoms with Crippen molar-refractivity contribution in [2.24, 2.45) is 0 Å². The average Bonchev–Trinajstić information content (AvgIpc) is 2.44. The van der Waals surface area contributed by atoms with E-state index in [1.54, 1.807) is 26.1 Å². The molecule has 1 N–H and O–H groups in total. The third-order valence-electron chi connectivity index (χ3n) is 2.94. The highest BCUT2D eigenvalue weighted by Crippen LogP contribution is 2.35. The van der Waals surface area contributed by atoms with E-state index in [0.717, 1.165) is 0 Å². The molecular weight excluding hydrogens is 314 g/mol. The van der Waals surface area contributed by atoms with Gasteiger partial charge in [0.1, 0.15) is 16.0 Å². The number of carbonyl (C=O) groups is 1. The van der Waals surface area contributed by atoms with Gasteiger partial charge < -0.3 is 19.5 Å². The smallest absolute Gasteiger partial charge is 0.254 e. The molecule has 5 nitrogen and oxygen atoms in total. The van der Waals surface area contributed by atoms with E-state index in [2.05, 4.69) is 15.9 Å². The first-order valence-electron chi connectivity index (χ1n) is 5.75. The number of ether oxygens (including phenoxy) is 2. The zero-order chi connectivity index (χ0) is 14.6. The first kappa shape index (κ1) is 15.8. The quantitative estimate of drug-likeness (QED) is 0.895. The summed E-state index contributed by atoms with van der Waals surface area (Å²) in [7, 11) is 4.69. The maximum Gasteiger partial charge on any atom is 0.254 e. The summed E-state index contributed by atoms with van der Waals surface area (Å²) in [6.07, 6.45) is 0. The first-order valence-corrected chi connectivity index (χ1v) is 6.55. The molecule has 0 aliphatic carbocycles. The number of likely N-dealkylation sites (N-methyl/N-ethyl adjacent to an activating group) is 1. The molecule has 0 saturated heterocycles. The summed E-state index contributed by atoms with van der Waals surface area (Å²) in [4.78, 5) is 13.8. The normalized spacial score (nSPS) is 11.9. The molecule has 1 unspecified atom stereocenters.